The smallest absolute Gasteiger partial charge is 0.123 e. The molecule has 64 valence electrons. The topological polar surface area (TPSA) is 9.23 Å². The second-order valence-electron chi connectivity index (χ2n) is 3.79. The number of benzene rings is 1. The van der Waals surface area contributed by atoms with E-state index < -0.39 is 0 Å². The van der Waals surface area contributed by atoms with E-state index >= 15 is 0 Å². The Morgan fingerprint density at radius 3 is 2.92 bits per heavy atom. The van der Waals surface area contributed by atoms with Crippen LogP contribution in [-0.2, 0) is 6.42 Å². The quantitative estimate of drug-likeness (QED) is 0.661. The summed E-state index contributed by atoms with van der Waals surface area (Å²) in [6.45, 7) is 4.22. The zero-order chi connectivity index (χ0) is 8.77. The van der Waals surface area contributed by atoms with Crippen LogP contribution in [0, 0.1) is 0 Å². The lowest BCUT2D eigenvalue weighted by Gasteiger charge is -2.16. The van der Waals surface area contributed by atoms with Crippen molar-refractivity contribution in [2.24, 2.45) is 0 Å². The maximum Gasteiger partial charge on any atom is 0.123 e. The van der Waals surface area contributed by atoms with E-state index in [4.69, 9.17) is 4.74 Å². The highest BCUT2D eigenvalue weighted by atomic mass is 79.9. The largest absolute Gasteiger partial charge is 0.487 e. The molecule has 0 spiro atoms. The molecule has 0 saturated carbocycles. The van der Waals surface area contributed by atoms with Crippen LogP contribution in [0.1, 0.15) is 19.4 Å². The van der Waals surface area contributed by atoms with Crippen LogP contribution in [-0.4, -0.2) is 5.60 Å². The molecule has 0 aliphatic carbocycles. The summed E-state index contributed by atoms with van der Waals surface area (Å²) in [4.78, 5) is 0. The van der Waals surface area contributed by atoms with E-state index in [9.17, 15) is 0 Å². The Balaban J connectivity index is 2.43. The second kappa shape index (κ2) is 2.49. The highest BCUT2D eigenvalue weighted by Gasteiger charge is 2.29. The number of hydrogen-bond donors (Lipinski definition) is 0. The molecule has 0 saturated heterocycles. The van der Waals surface area contributed by atoms with Gasteiger partial charge in [0.05, 0.1) is 0 Å². The van der Waals surface area contributed by atoms with Crippen LogP contribution < -0.4 is 4.74 Å². The fourth-order valence-electron chi connectivity index (χ4n) is 1.58. The fourth-order valence-corrected chi connectivity index (χ4v) is 1.99. The predicted octanol–water partition coefficient (Wildman–Crippen LogP) is 3.16. The molecule has 0 aromatic heterocycles. The van der Waals surface area contributed by atoms with Gasteiger partial charge in [-0.15, -0.1) is 0 Å². The Kier molecular flexibility index (Phi) is 1.69. The Morgan fingerprint density at radius 2 is 2.17 bits per heavy atom. The van der Waals surface area contributed by atoms with Gasteiger partial charge in [0.1, 0.15) is 11.4 Å². The van der Waals surface area contributed by atoms with Gasteiger partial charge >= 0.3 is 0 Å². The first kappa shape index (κ1) is 8.11. The van der Waals surface area contributed by atoms with E-state index in [1.54, 1.807) is 0 Å². The first-order valence-corrected chi connectivity index (χ1v) is 4.84. The molecule has 2 rings (SSSR count). The van der Waals surface area contributed by atoms with Crippen molar-refractivity contribution in [3.05, 3.63) is 28.2 Å². The van der Waals surface area contributed by atoms with Crippen molar-refractivity contribution in [1.29, 1.82) is 0 Å². The molecule has 1 heterocycles. The maximum absolute atomic E-state index is 5.73. The summed E-state index contributed by atoms with van der Waals surface area (Å²) in [7, 11) is 0. The summed E-state index contributed by atoms with van der Waals surface area (Å²) in [5.74, 6) is 1.03. The summed E-state index contributed by atoms with van der Waals surface area (Å²) >= 11 is 3.45. The Bertz CT molecular complexity index is 318. The third-order valence-corrected chi connectivity index (χ3v) is 2.52. The zero-order valence-corrected chi connectivity index (χ0v) is 8.81. The summed E-state index contributed by atoms with van der Waals surface area (Å²) in [6, 6.07) is 6.17. The van der Waals surface area contributed by atoms with Crippen molar-refractivity contribution in [3.8, 4) is 5.75 Å². The van der Waals surface area contributed by atoms with E-state index in [-0.39, 0.29) is 5.60 Å². The highest BCUT2D eigenvalue weighted by molar-refractivity contribution is 9.10. The molecule has 1 aliphatic rings. The van der Waals surface area contributed by atoms with E-state index in [1.807, 2.05) is 12.1 Å². The average molecular weight is 227 g/mol. The SMILES string of the molecule is CC1(C)Cc2cc(Br)ccc2O1. The van der Waals surface area contributed by atoms with Gasteiger partial charge in [0.15, 0.2) is 0 Å². The summed E-state index contributed by atoms with van der Waals surface area (Å²) < 4.78 is 6.86. The van der Waals surface area contributed by atoms with Crippen LogP contribution in [0.15, 0.2) is 22.7 Å². The van der Waals surface area contributed by atoms with Crippen LogP contribution in [0.4, 0.5) is 0 Å². The van der Waals surface area contributed by atoms with Gasteiger partial charge in [-0.25, -0.2) is 0 Å². The van der Waals surface area contributed by atoms with Crippen LogP contribution in [0.25, 0.3) is 0 Å². The number of ether oxygens (including phenoxy) is 1. The lowest BCUT2D eigenvalue weighted by Crippen LogP contribution is -2.24. The molecule has 0 bridgehead atoms. The van der Waals surface area contributed by atoms with Gasteiger partial charge in [-0.3, -0.25) is 0 Å². The molecule has 0 fully saturated rings. The van der Waals surface area contributed by atoms with Crippen LogP contribution in [0.5, 0.6) is 5.75 Å². The fraction of sp³-hybridized carbons (Fsp3) is 0.400. The van der Waals surface area contributed by atoms with Crippen molar-refractivity contribution in [1.82, 2.24) is 0 Å². The van der Waals surface area contributed by atoms with Gasteiger partial charge in [-0.1, -0.05) is 15.9 Å². The molecule has 0 radical (unpaired) electrons. The molecule has 12 heavy (non-hydrogen) atoms. The molecular weight excluding hydrogens is 216 g/mol. The van der Waals surface area contributed by atoms with E-state index in [2.05, 4.69) is 35.8 Å². The highest BCUT2D eigenvalue weighted by Crippen LogP contribution is 2.35. The third-order valence-electron chi connectivity index (χ3n) is 2.02. The first-order valence-electron chi connectivity index (χ1n) is 4.04. The first-order chi connectivity index (χ1) is 5.57. The number of fused-ring (bicyclic) bond motifs is 1. The molecule has 0 unspecified atom stereocenters. The lowest BCUT2D eigenvalue weighted by molar-refractivity contribution is 0.138. The zero-order valence-electron chi connectivity index (χ0n) is 7.23. The molecule has 2 heteroatoms. The van der Waals surface area contributed by atoms with Crippen molar-refractivity contribution in [2.75, 3.05) is 0 Å². The molecular formula is C10H11BrO. The molecule has 0 atom stereocenters. The molecule has 0 amide bonds. The van der Waals surface area contributed by atoms with Crippen molar-refractivity contribution >= 4 is 15.9 Å². The van der Waals surface area contributed by atoms with Gasteiger partial charge in [0.2, 0.25) is 0 Å². The number of halogens is 1. The van der Waals surface area contributed by atoms with E-state index in [1.165, 1.54) is 5.56 Å². The van der Waals surface area contributed by atoms with Crippen LogP contribution in [0.3, 0.4) is 0 Å². The summed E-state index contributed by atoms with van der Waals surface area (Å²) in [5, 5.41) is 0. The average Bonchev–Trinajstić information content (AvgIpc) is 2.21. The molecule has 0 N–H and O–H groups in total. The number of hydrogen-bond acceptors (Lipinski definition) is 1. The Labute approximate surface area is 80.9 Å². The predicted molar refractivity (Wildman–Crippen MR) is 52.6 cm³/mol. The van der Waals surface area contributed by atoms with Gasteiger partial charge in [0.25, 0.3) is 0 Å². The number of rotatable bonds is 0. The van der Waals surface area contributed by atoms with Gasteiger partial charge < -0.3 is 4.74 Å². The van der Waals surface area contributed by atoms with E-state index in [0.29, 0.717) is 0 Å². The van der Waals surface area contributed by atoms with Crippen LogP contribution >= 0.6 is 15.9 Å². The summed E-state index contributed by atoms with van der Waals surface area (Å²) in [5.41, 5.74) is 1.28. The minimum absolute atomic E-state index is 0.0247. The third kappa shape index (κ3) is 1.36. The minimum Gasteiger partial charge on any atom is -0.487 e. The monoisotopic (exact) mass is 226 g/mol. The Hall–Kier alpha value is -0.500. The Morgan fingerprint density at radius 1 is 1.42 bits per heavy atom. The van der Waals surface area contributed by atoms with Gasteiger partial charge in [0, 0.05) is 10.9 Å². The maximum atomic E-state index is 5.73. The van der Waals surface area contributed by atoms with Crippen molar-refractivity contribution in [2.45, 2.75) is 25.9 Å². The minimum atomic E-state index is -0.0247. The van der Waals surface area contributed by atoms with Gasteiger partial charge in [-0.2, -0.15) is 0 Å². The standard InChI is InChI=1S/C10H11BrO/c1-10(2)6-7-5-8(11)3-4-9(7)12-10/h3-5H,6H2,1-2H3. The lowest BCUT2D eigenvalue weighted by atomic mass is 10.0. The van der Waals surface area contributed by atoms with Gasteiger partial charge in [-0.05, 0) is 37.6 Å². The molecule has 1 aliphatic heterocycles. The normalized spacial score (nSPS) is 18.6. The van der Waals surface area contributed by atoms with Crippen LogP contribution in [0.2, 0.25) is 0 Å². The van der Waals surface area contributed by atoms with Crippen molar-refractivity contribution < 1.29 is 4.74 Å². The molecule has 1 aromatic rings. The second-order valence-corrected chi connectivity index (χ2v) is 4.71. The van der Waals surface area contributed by atoms with E-state index in [0.717, 1.165) is 16.6 Å². The molecule has 1 aromatic carbocycles. The van der Waals surface area contributed by atoms with Crippen molar-refractivity contribution in [3.63, 3.8) is 0 Å². The summed E-state index contributed by atoms with van der Waals surface area (Å²) in [6.07, 6.45) is 1.00. The molecule has 1 nitrogen and oxygen atoms in total.